The zero-order valence-corrected chi connectivity index (χ0v) is 5.23. The standard InChI is InChI=1S/C5H11N3/c1-4(2)8-5(6)7-3/h1H2,2-3H3,(H3,6,7,8). The number of aliphatic imine (C=N–C) groups is 1. The van der Waals surface area contributed by atoms with Gasteiger partial charge in [-0.05, 0) is 6.92 Å². The molecule has 0 saturated carbocycles. The summed E-state index contributed by atoms with van der Waals surface area (Å²) in [6.07, 6.45) is 0. The topological polar surface area (TPSA) is 50.4 Å². The van der Waals surface area contributed by atoms with Gasteiger partial charge < -0.3 is 11.1 Å². The first-order chi connectivity index (χ1) is 3.66. The third-order valence-corrected chi connectivity index (χ3v) is 0.582. The van der Waals surface area contributed by atoms with E-state index in [4.69, 9.17) is 5.73 Å². The molecule has 0 bridgehead atoms. The summed E-state index contributed by atoms with van der Waals surface area (Å²) in [5.74, 6) is 0.400. The molecule has 0 spiro atoms. The van der Waals surface area contributed by atoms with E-state index in [-0.39, 0.29) is 0 Å². The van der Waals surface area contributed by atoms with Gasteiger partial charge in [0, 0.05) is 12.7 Å². The van der Waals surface area contributed by atoms with Gasteiger partial charge >= 0.3 is 0 Å². The molecule has 0 aromatic heterocycles. The van der Waals surface area contributed by atoms with Crippen LogP contribution in [-0.4, -0.2) is 13.0 Å². The molecule has 0 aliphatic heterocycles. The van der Waals surface area contributed by atoms with Crippen molar-refractivity contribution in [1.29, 1.82) is 0 Å². The van der Waals surface area contributed by atoms with E-state index in [0.29, 0.717) is 5.96 Å². The van der Waals surface area contributed by atoms with Crippen LogP contribution in [0.4, 0.5) is 0 Å². The molecule has 0 atom stereocenters. The highest BCUT2D eigenvalue weighted by molar-refractivity contribution is 5.79. The second-order valence-corrected chi connectivity index (χ2v) is 1.51. The summed E-state index contributed by atoms with van der Waals surface area (Å²) in [5, 5.41) is 2.73. The molecule has 0 fully saturated rings. The monoisotopic (exact) mass is 113 g/mol. The number of guanidine groups is 1. The van der Waals surface area contributed by atoms with Crippen LogP contribution >= 0.6 is 0 Å². The van der Waals surface area contributed by atoms with Crippen molar-refractivity contribution >= 4 is 5.96 Å². The fraction of sp³-hybridized carbons (Fsp3) is 0.400. The highest BCUT2D eigenvalue weighted by Crippen LogP contribution is 1.74. The minimum Gasteiger partial charge on any atom is -0.370 e. The molecular weight excluding hydrogens is 102 g/mol. The van der Waals surface area contributed by atoms with Gasteiger partial charge in [0.05, 0.1) is 0 Å². The van der Waals surface area contributed by atoms with Gasteiger partial charge in [-0.2, -0.15) is 0 Å². The quantitative estimate of drug-likeness (QED) is 0.373. The Morgan fingerprint density at radius 1 is 1.75 bits per heavy atom. The average Bonchev–Trinajstić information content (AvgIpc) is 1.65. The second kappa shape index (κ2) is 3.07. The lowest BCUT2D eigenvalue weighted by atomic mass is 10.6. The lowest BCUT2D eigenvalue weighted by Crippen LogP contribution is -2.29. The van der Waals surface area contributed by atoms with Crippen molar-refractivity contribution in [2.75, 3.05) is 7.05 Å². The predicted octanol–water partition coefficient (Wildman–Crippen LogP) is 0.0541. The van der Waals surface area contributed by atoms with E-state index >= 15 is 0 Å². The Hall–Kier alpha value is -0.990. The number of nitrogens with zero attached hydrogens (tertiary/aromatic N) is 1. The number of nitrogens with one attached hydrogen (secondary N) is 1. The Labute approximate surface area is 49.3 Å². The van der Waals surface area contributed by atoms with Crippen molar-refractivity contribution in [3.8, 4) is 0 Å². The van der Waals surface area contributed by atoms with Crippen molar-refractivity contribution in [2.24, 2.45) is 10.7 Å². The van der Waals surface area contributed by atoms with E-state index in [0.717, 1.165) is 5.70 Å². The van der Waals surface area contributed by atoms with Crippen molar-refractivity contribution in [2.45, 2.75) is 6.92 Å². The van der Waals surface area contributed by atoms with Crippen LogP contribution in [0.1, 0.15) is 6.92 Å². The molecule has 0 aromatic rings. The van der Waals surface area contributed by atoms with E-state index in [1.54, 1.807) is 7.05 Å². The molecule has 0 amide bonds. The van der Waals surface area contributed by atoms with Gasteiger partial charge in [0.2, 0.25) is 0 Å². The molecule has 3 N–H and O–H groups in total. The summed E-state index contributed by atoms with van der Waals surface area (Å²) in [6, 6.07) is 0. The Morgan fingerprint density at radius 2 is 2.25 bits per heavy atom. The molecule has 46 valence electrons. The average molecular weight is 113 g/mol. The van der Waals surface area contributed by atoms with Gasteiger partial charge in [0.25, 0.3) is 0 Å². The maximum atomic E-state index is 5.25. The molecule has 0 saturated heterocycles. The number of hydrogen-bond acceptors (Lipinski definition) is 1. The minimum atomic E-state index is 0.400. The first-order valence-corrected chi connectivity index (χ1v) is 2.31. The lowest BCUT2D eigenvalue weighted by molar-refractivity contribution is 1.09. The number of rotatable bonds is 1. The largest absolute Gasteiger partial charge is 0.370 e. The van der Waals surface area contributed by atoms with Crippen LogP contribution in [0, 0.1) is 0 Å². The summed E-state index contributed by atoms with van der Waals surface area (Å²) in [4.78, 5) is 3.65. The van der Waals surface area contributed by atoms with Crippen molar-refractivity contribution < 1.29 is 0 Å². The summed E-state index contributed by atoms with van der Waals surface area (Å²) >= 11 is 0. The summed E-state index contributed by atoms with van der Waals surface area (Å²) in [7, 11) is 1.62. The highest BCUT2D eigenvalue weighted by Gasteiger charge is 1.83. The summed E-state index contributed by atoms with van der Waals surface area (Å²) in [5.41, 5.74) is 6.05. The molecule has 0 rings (SSSR count). The highest BCUT2D eigenvalue weighted by atomic mass is 15.1. The number of allylic oxidation sites excluding steroid dienone is 1. The Kier molecular flexibility index (Phi) is 2.69. The first kappa shape index (κ1) is 7.01. The van der Waals surface area contributed by atoms with Gasteiger partial charge in [0.15, 0.2) is 5.96 Å². The predicted molar refractivity (Wildman–Crippen MR) is 35.5 cm³/mol. The zero-order valence-electron chi connectivity index (χ0n) is 5.23. The molecule has 0 aliphatic rings. The van der Waals surface area contributed by atoms with Crippen LogP contribution in [0.15, 0.2) is 17.3 Å². The molecule has 0 unspecified atom stereocenters. The Morgan fingerprint density at radius 3 is 2.38 bits per heavy atom. The smallest absolute Gasteiger partial charge is 0.192 e. The molecular formula is C5H11N3. The maximum absolute atomic E-state index is 5.25. The van der Waals surface area contributed by atoms with Crippen molar-refractivity contribution in [1.82, 2.24) is 5.32 Å². The zero-order chi connectivity index (χ0) is 6.57. The summed E-state index contributed by atoms with van der Waals surface area (Å²) in [6.45, 7) is 5.39. The number of hydrogen-bond donors (Lipinski definition) is 2. The molecule has 0 radical (unpaired) electrons. The Bertz CT molecular complexity index is 115. The molecule has 0 aromatic carbocycles. The van der Waals surface area contributed by atoms with E-state index in [9.17, 15) is 0 Å². The minimum absolute atomic E-state index is 0.400. The van der Waals surface area contributed by atoms with Crippen molar-refractivity contribution in [3.05, 3.63) is 12.3 Å². The van der Waals surface area contributed by atoms with E-state index in [1.807, 2.05) is 6.92 Å². The summed E-state index contributed by atoms with van der Waals surface area (Å²) < 4.78 is 0. The third-order valence-electron chi connectivity index (χ3n) is 0.582. The molecule has 0 aliphatic carbocycles. The van der Waals surface area contributed by atoms with Gasteiger partial charge in [-0.3, -0.25) is 4.99 Å². The second-order valence-electron chi connectivity index (χ2n) is 1.51. The molecule has 3 nitrogen and oxygen atoms in total. The lowest BCUT2D eigenvalue weighted by Gasteiger charge is -1.99. The van der Waals surface area contributed by atoms with Crippen LogP contribution in [0.5, 0.6) is 0 Å². The van der Waals surface area contributed by atoms with Crippen LogP contribution in [-0.2, 0) is 0 Å². The first-order valence-electron chi connectivity index (χ1n) is 2.31. The molecule has 8 heavy (non-hydrogen) atoms. The third kappa shape index (κ3) is 3.21. The number of nitrogens with two attached hydrogens (primary N) is 1. The van der Waals surface area contributed by atoms with Gasteiger partial charge in [0.1, 0.15) is 0 Å². The van der Waals surface area contributed by atoms with Gasteiger partial charge in [-0.25, -0.2) is 0 Å². The molecule has 0 heterocycles. The van der Waals surface area contributed by atoms with Crippen LogP contribution in [0.25, 0.3) is 0 Å². The van der Waals surface area contributed by atoms with E-state index in [1.165, 1.54) is 0 Å². The Balaban J connectivity index is 3.56. The maximum Gasteiger partial charge on any atom is 0.192 e. The molecule has 3 heteroatoms. The van der Waals surface area contributed by atoms with Gasteiger partial charge in [-0.1, -0.05) is 6.58 Å². The van der Waals surface area contributed by atoms with Gasteiger partial charge in [-0.15, -0.1) is 0 Å². The van der Waals surface area contributed by atoms with Crippen LogP contribution in [0.2, 0.25) is 0 Å². The fourth-order valence-corrected chi connectivity index (χ4v) is 0.275. The SMILES string of the molecule is C=C(C)NC(N)=NC. The van der Waals surface area contributed by atoms with E-state index < -0.39 is 0 Å². The fourth-order valence-electron chi connectivity index (χ4n) is 0.275. The van der Waals surface area contributed by atoms with Crippen LogP contribution in [0.3, 0.4) is 0 Å². The van der Waals surface area contributed by atoms with Crippen molar-refractivity contribution in [3.63, 3.8) is 0 Å². The van der Waals surface area contributed by atoms with Crippen LogP contribution < -0.4 is 11.1 Å². The van der Waals surface area contributed by atoms with E-state index in [2.05, 4.69) is 16.9 Å². The normalized spacial score (nSPS) is 11.0.